The van der Waals surface area contributed by atoms with E-state index in [1.807, 2.05) is 54.3 Å². The maximum atomic E-state index is 12.9. The zero-order valence-corrected chi connectivity index (χ0v) is 15.7. The van der Waals surface area contributed by atoms with Crippen molar-refractivity contribution in [3.05, 3.63) is 53.6 Å². The fraction of sp³-hybridized carbons (Fsp3) is 0.364. The molecule has 5 heteroatoms. The molecule has 1 N–H and O–H groups in total. The number of hydrogen-bond donors (Lipinski definition) is 1. The molecule has 2 aromatic rings. The predicted molar refractivity (Wildman–Crippen MR) is 104 cm³/mol. The van der Waals surface area contributed by atoms with Gasteiger partial charge in [0.05, 0.1) is 13.0 Å². The first kappa shape index (κ1) is 17.6. The van der Waals surface area contributed by atoms with E-state index in [1.54, 1.807) is 7.11 Å². The first-order valence-electron chi connectivity index (χ1n) is 9.40. The molecule has 2 atom stereocenters. The highest BCUT2D eigenvalue weighted by atomic mass is 16.5. The summed E-state index contributed by atoms with van der Waals surface area (Å²) in [5.74, 6) is 0.851. The van der Waals surface area contributed by atoms with Crippen LogP contribution in [-0.4, -0.2) is 43.0 Å². The number of carbonyl (C=O) groups excluding carboxylic acids is 2. The van der Waals surface area contributed by atoms with Gasteiger partial charge >= 0.3 is 0 Å². The minimum Gasteiger partial charge on any atom is -0.497 e. The third-order valence-corrected chi connectivity index (χ3v) is 5.63. The molecule has 5 rings (SSSR count). The van der Waals surface area contributed by atoms with Gasteiger partial charge in [-0.2, -0.15) is 0 Å². The van der Waals surface area contributed by atoms with Gasteiger partial charge in [0.2, 0.25) is 5.91 Å². The Morgan fingerprint density at radius 1 is 1.11 bits per heavy atom. The Labute approximate surface area is 159 Å². The number of nitrogens with one attached hydrogen (secondary N) is 1. The SMILES string of the molecule is COc1ccc(-c2ccc(C(=O)N3C[C@@H]4CC[C@H](C3)C(=O)N4)cc2)c(C)c1. The average molecular weight is 364 g/mol. The van der Waals surface area contributed by atoms with Crippen LogP contribution in [0.25, 0.3) is 11.1 Å². The number of amides is 2. The van der Waals surface area contributed by atoms with Gasteiger partial charge in [0, 0.05) is 24.7 Å². The first-order valence-corrected chi connectivity index (χ1v) is 9.40. The van der Waals surface area contributed by atoms with E-state index in [0.717, 1.165) is 35.3 Å². The number of hydrogen-bond acceptors (Lipinski definition) is 3. The molecular formula is C22H24N2O3. The summed E-state index contributed by atoms with van der Waals surface area (Å²) in [4.78, 5) is 26.8. The molecule has 3 aliphatic rings. The molecule has 2 bridgehead atoms. The van der Waals surface area contributed by atoms with Crippen LogP contribution < -0.4 is 10.1 Å². The van der Waals surface area contributed by atoms with E-state index < -0.39 is 0 Å². The van der Waals surface area contributed by atoms with Crippen LogP contribution in [0, 0.1) is 12.8 Å². The zero-order valence-electron chi connectivity index (χ0n) is 15.7. The Morgan fingerprint density at radius 3 is 2.56 bits per heavy atom. The molecule has 0 unspecified atom stereocenters. The summed E-state index contributed by atoms with van der Waals surface area (Å²) in [7, 11) is 1.66. The second-order valence-corrected chi connectivity index (χ2v) is 7.45. The summed E-state index contributed by atoms with van der Waals surface area (Å²) in [6.45, 7) is 3.16. The molecule has 0 radical (unpaired) electrons. The molecule has 27 heavy (non-hydrogen) atoms. The van der Waals surface area contributed by atoms with Gasteiger partial charge in [-0.15, -0.1) is 0 Å². The molecule has 3 fully saturated rings. The maximum Gasteiger partial charge on any atom is 0.253 e. The van der Waals surface area contributed by atoms with Crippen LogP contribution in [0.15, 0.2) is 42.5 Å². The lowest BCUT2D eigenvalue weighted by atomic mass is 9.96. The lowest BCUT2D eigenvalue weighted by Crippen LogP contribution is -2.43. The fourth-order valence-corrected chi connectivity index (χ4v) is 4.07. The Morgan fingerprint density at radius 2 is 1.89 bits per heavy atom. The van der Waals surface area contributed by atoms with Crippen LogP contribution in [0.5, 0.6) is 5.75 Å². The standard InChI is InChI=1S/C22H24N2O3/c1-14-11-19(27-2)9-10-20(14)15-3-5-16(6-4-15)22(26)24-12-17-7-8-18(13-24)23-21(17)25/h3-6,9-11,17-18H,7-8,12-13H2,1-2H3,(H,23,25)/t17-,18+/m1/s1. The van der Waals surface area contributed by atoms with Gasteiger partial charge in [-0.05, 0) is 60.7 Å². The Bertz CT molecular complexity index is 876. The molecule has 3 heterocycles. The topological polar surface area (TPSA) is 58.6 Å². The minimum atomic E-state index is -0.0751. The molecule has 140 valence electrons. The quantitative estimate of drug-likeness (QED) is 0.911. The number of rotatable bonds is 3. The van der Waals surface area contributed by atoms with Gasteiger partial charge in [-0.25, -0.2) is 0 Å². The van der Waals surface area contributed by atoms with E-state index in [1.165, 1.54) is 0 Å². The lowest BCUT2D eigenvalue weighted by molar-refractivity contribution is -0.126. The second-order valence-electron chi connectivity index (χ2n) is 7.45. The molecule has 0 aromatic heterocycles. The van der Waals surface area contributed by atoms with Gasteiger partial charge in [0.25, 0.3) is 5.91 Å². The number of aryl methyl sites for hydroxylation is 1. The van der Waals surface area contributed by atoms with Gasteiger partial charge in [-0.3, -0.25) is 9.59 Å². The molecule has 2 aromatic carbocycles. The second kappa shape index (κ2) is 7.06. The smallest absolute Gasteiger partial charge is 0.253 e. The monoisotopic (exact) mass is 364 g/mol. The molecule has 5 nitrogen and oxygen atoms in total. The molecule has 0 spiro atoms. The van der Waals surface area contributed by atoms with Gasteiger partial charge < -0.3 is 15.0 Å². The van der Waals surface area contributed by atoms with Crippen LogP contribution in [0.4, 0.5) is 0 Å². The Balaban J connectivity index is 1.54. The fourth-order valence-electron chi connectivity index (χ4n) is 4.07. The van der Waals surface area contributed by atoms with Gasteiger partial charge in [-0.1, -0.05) is 18.2 Å². The zero-order chi connectivity index (χ0) is 19.0. The van der Waals surface area contributed by atoms with Crippen molar-refractivity contribution in [2.45, 2.75) is 25.8 Å². The van der Waals surface area contributed by atoms with Crippen molar-refractivity contribution in [2.75, 3.05) is 20.2 Å². The summed E-state index contributed by atoms with van der Waals surface area (Å²) in [6, 6.07) is 13.8. The van der Waals surface area contributed by atoms with E-state index in [-0.39, 0.29) is 23.8 Å². The molecule has 3 saturated heterocycles. The third-order valence-electron chi connectivity index (χ3n) is 5.63. The van der Waals surface area contributed by atoms with Gasteiger partial charge in [0.15, 0.2) is 0 Å². The summed E-state index contributed by atoms with van der Waals surface area (Å²) in [6.07, 6.45) is 1.83. The van der Waals surface area contributed by atoms with Crippen molar-refractivity contribution in [3.63, 3.8) is 0 Å². The number of benzene rings is 2. The van der Waals surface area contributed by atoms with Crippen molar-refractivity contribution in [3.8, 4) is 16.9 Å². The van der Waals surface area contributed by atoms with E-state index in [4.69, 9.17) is 4.74 Å². The molecular weight excluding hydrogens is 340 g/mol. The van der Waals surface area contributed by atoms with Gasteiger partial charge in [0.1, 0.15) is 5.75 Å². The first-order chi connectivity index (χ1) is 13.0. The number of fused-ring (bicyclic) bond motifs is 4. The summed E-state index contributed by atoms with van der Waals surface area (Å²) < 4.78 is 5.26. The van der Waals surface area contributed by atoms with E-state index in [2.05, 4.69) is 5.32 Å². The number of piperidine rings is 1. The summed E-state index contributed by atoms with van der Waals surface area (Å²) >= 11 is 0. The largest absolute Gasteiger partial charge is 0.497 e. The van der Waals surface area contributed by atoms with Crippen LogP contribution >= 0.6 is 0 Å². The van der Waals surface area contributed by atoms with Crippen LogP contribution in [0.2, 0.25) is 0 Å². The number of carbonyl (C=O) groups is 2. The summed E-state index contributed by atoms with van der Waals surface area (Å²) in [5.41, 5.74) is 3.98. The van der Waals surface area contributed by atoms with Crippen molar-refractivity contribution in [2.24, 2.45) is 5.92 Å². The Hall–Kier alpha value is -2.82. The van der Waals surface area contributed by atoms with Crippen molar-refractivity contribution < 1.29 is 14.3 Å². The summed E-state index contributed by atoms with van der Waals surface area (Å²) in [5, 5.41) is 3.02. The highest BCUT2D eigenvalue weighted by Gasteiger charge is 2.36. The van der Waals surface area contributed by atoms with Crippen LogP contribution in [0.1, 0.15) is 28.8 Å². The number of ether oxygens (including phenoxy) is 1. The average Bonchev–Trinajstić information content (AvgIpc) is 2.99. The third kappa shape index (κ3) is 3.42. The van der Waals surface area contributed by atoms with Crippen molar-refractivity contribution in [1.29, 1.82) is 0 Å². The highest BCUT2D eigenvalue weighted by Crippen LogP contribution is 2.28. The predicted octanol–water partition coefficient (Wildman–Crippen LogP) is 3.02. The normalized spacial score (nSPS) is 21.6. The van der Waals surface area contributed by atoms with E-state index in [9.17, 15) is 9.59 Å². The maximum absolute atomic E-state index is 12.9. The number of methoxy groups -OCH3 is 1. The minimum absolute atomic E-state index is 0.00130. The molecule has 0 saturated carbocycles. The number of nitrogens with zero attached hydrogens (tertiary/aromatic N) is 1. The van der Waals surface area contributed by atoms with E-state index in [0.29, 0.717) is 18.7 Å². The Kier molecular flexibility index (Phi) is 4.60. The molecule has 2 amide bonds. The van der Waals surface area contributed by atoms with Crippen molar-refractivity contribution >= 4 is 11.8 Å². The molecule has 0 aliphatic carbocycles. The van der Waals surface area contributed by atoms with E-state index >= 15 is 0 Å². The lowest BCUT2D eigenvalue weighted by Gasteiger charge is -2.23. The van der Waals surface area contributed by atoms with Crippen molar-refractivity contribution in [1.82, 2.24) is 10.2 Å². The highest BCUT2D eigenvalue weighted by molar-refractivity contribution is 5.95. The van der Waals surface area contributed by atoms with Crippen LogP contribution in [-0.2, 0) is 4.79 Å². The molecule has 3 aliphatic heterocycles. The van der Waals surface area contributed by atoms with Crippen LogP contribution in [0.3, 0.4) is 0 Å².